The Morgan fingerprint density at radius 2 is 2.35 bits per heavy atom. The number of ether oxygens (including phenoxy) is 1. The van der Waals surface area contributed by atoms with Gasteiger partial charge in [-0.25, -0.2) is 4.79 Å². The Bertz CT molecular complexity index is 390. The number of rotatable bonds is 5. The maximum Gasteiger partial charge on any atom is 0.409 e. The molecule has 0 N–H and O–H groups in total. The highest BCUT2D eigenvalue weighted by Gasteiger charge is 2.22. The Kier molecular flexibility index (Phi) is 3.99. The van der Waals surface area contributed by atoms with Crippen molar-refractivity contribution < 1.29 is 13.9 Å². The fourth-order valence-corrected chi connectivity index (χ4v) is 2.19. The monoisotopic (exact) mass is 257 g/mol. The highest BCUT2D eigenvalue weighted by molar-refractivity contribution is 7.10. The average Bonchev–Trinajstić information content (AvgIpc) is 3.05. The van der Waals surface area contributed by atoms with Crippen LogP contribution in [0.3, 0.4) is 0 Å². The van der Waals surface area contributed by atoms with E-state index in [4.69, 9.17) is 4.74 Å². The lowest BCUT2D eigenvalue weighted by Gasteiger charge is -2.16. The minimum absolute atomic E-state index is 0.154. The number of carbonyl (C=O) groups excluding carboxylic acids is 1. The second-order valence-corrected chi connectivity index (χ2v) is 5.53. The van der Waals surface area contributed by atoms with Gasteiger partial charge in [0, 0.05) is 18.5 Å². The minimum atomic E-state index is -0.334. The smallest absolute Gasteiger partial charge is 0.409 e. The van der Waals surface area contributed by atoms with Gasteiger partial charge < -0.3 is 9.64 Å². The van der Waals surface area contributed by atoms with Gasteiger partial charge in [0.2, 0.25) is 0 Å². The molecule has 2 rings (SSSR count). The molecule has 1 fully saturated rings. The first-order valence-electron chi connectivity index (χ1n) is 5.77. The van der Waals surface area contributed by atoms with Crippen LogP contribution in [0, 0.1) is 11.0 Å². The summed E-state index contributed by atoms with van der Waals surface area (Å²) in [6.07, 6.45) is 3.30. The first kappa shape index (κ1) is 12.4. The van der Waals surface area contributed by atoms with Crippen LogP contribution in [-0.2, 0) is 11.3 Å². The molecule has 1 saturated carbocycles. The van der Waals surface area contributed by atoms with Gasteiger partial charge in [-0.3, -0.25) is 0 Å². The quantitative estimate of drug-likeness (QED) is 0.810. The van der Waals surface area contributed by atoms with Crippen LogP contribution in [0.5, 0.6) is 0 Å². The molecule has 0 radical (unpaired) electrons. The molecule has 0 unspecified atom stereocenters. The predicted octanol–water partition coefficient (Wildman–Crippen LogP) is 3.26. The van der Waals surface area contributed by atoms with Crippen molar-refractivity contribution in [1.29, 1.82) is 0 Å². The van der Waals surface area contributed by atoms with Crippen molar-refractivity contribution in [3.8, 4) is 0 Å². The zero-order chi connectivity index (χ0) is 12.3. The summed E-state index contributed by atoms with van der Waals surface area (Å²) in [5, 5.41) is -0.252. The van der Waals surface area contributed by atoms with Gasteiger partial charge >= 0.3 is 6.09 Å². The van der Waals surface area contributed by atoms with Gasteiger partial charge in [0.25, 0.3) is 0 Å². The lowest BCUT2D eigenvalue weighted by Crippen LogP contribution is -2.28. The Hall–Kier alpha value is -1.10. The molecule has 0 aromatic carbocycles. The van der Waals surface area contributed by atoms with Crippen molar-refractivity contribution in [2.24, 2.45) is 5.92 Å². The Morgan fingerprint density at radius 3 is 2.94 bits per heavy atom. The summed E-state index contributed by atoms with van der Waals surface area (Å²) in [7, 11) is 1.74. The molecule has 0 aliphatic heterocycles. The number of halogens is 1. The Balaban J connectivity index is 1.68. The largest absolute Gasteiger partial charge is 0.444 e. The summed E-state index contributed by atoms with van der Waals surface area (Å²) in [6.45, 7) is 0.892. The van der Waals surface area contributed by atoms with Crippen molar-refractivity contribution in [3.63, 3.8) is 0 Å². The summed E-state index contributed by atoms with van der Waals surface area (Å²) >= 11 is 1.01. The molecule has 0 bridgehead atoms. The second kappa shape index (κ2) is 5.49. The van der Waals surface area contributed by atoms with Crippen LogP contribution in [0.15, 0.2) is 12.1 Å². The maximum atomic E-state index is 12.7. The van der Waals surface area contributed by atoms with Crippen molar-refractivity contribution in [2.45, 2.75) is 25.9 Å². The van der Waals surface area contributed by atoms with Crippen LogP contribution in [0.25, 0.3) is 0 Å². The normalized spacial score (nSPS) is 14.7. The van der Waals surface area contributed by atoms with Crippen molar-refractivity contribution in [3.05, 3.63) is 22.1 Å². The molecule has 1 aliphatic carbocycles. The van der Waals surface area contributed by atoms with Gasteiger partial charge in [0.15, 0.2) is 5.13 Å². The molecule has 5 heteroatoms. The zero-order valence-corrected chi connectivity index (χ0v) is 10.6. The molecule has 1 aromatic rings. The highest BCUT2D eigenvalue weighted by atomic mass is 32.1. The molecule has 94 valence electrons. The van der Waals surface area contributed by atoms with Gasteiger partial charge in [0.1, 0.15) is 6.61 Å². The molecule has 1 aromatic heterocycles. The molecule has 0 saturated heterocycles. The lowest BCUT2D eigenvalue weighted by molar-refractivity contribution is 0.105. The topological polar surface area (TPSA) is 29.5 Å². The third-order valence-corrected chi connectivity index (χ3v) is 3.70. The highest BCUT2D eigenvalue weighted by Crippen LogP contribution is 2.32. The second-order valence-electron chi connectivity index (χ2n) is 4.41. The van der Waals surface area contributed by atoms with Crippen LogP contribution < -0.4 is 0 Å². The van der Waals surface area contributed by atoms with E-state index in [1.54, 1.807) is 18.0 Å². The lowest BCUT2D eigenvalue weighted by atomic mass is 10.3. The fourth-order valence-electron chi connectivity index (χ4n) is 1.55. The molecule has 17 heavy (non-hydrogen) atoms. The van der Waals surface area contributed by atoms with E-state index in [9.17, 15) is 9.18 Å². The summed E-state index contributed by atoms with van der Waals surface area (Å²) in [5.41, 5.74) is 0. The van der Waals surface area contributed by atoms with E-state index in [0.717, 1.165) is 35.1 Å². The summed E-state index contributed by atoms with van der Waals surface area (Å²) in [5.74, 6) is 0.802. The van der Waals surface area contributed by atoms with Gasteiger partial charge in [-0.1, -0.05) is 12.8 Å². The minimum Gasteiger partial charge on any atom is -0.444 e. The van der Waals surface area contributed by atoms with Crippen molar-refractivity contribution in [1.82, 2.24) is 4.90 Å². The molecule has 1 heterocycles. The summed E-state index contributed by atoms with van der Waals surface area (Å²) in [4.78, 5) is 13.9. The third kappa shape index (κ3) is 4.00. The standard InChI is InChI=1S/C12H16FNO2S/c1-14(7-6-9-2-3-9)12(15)16-8-10-4-5-11(13)17-10/h4-5,9H,2-3,6-8H2,1H3. The van der Waals surface area contributed by atoms with E-state index >= 15 is 0 Å². The Morgan fingerprint density at radius 1 is 1.59 bits per heavy atom. The Labute approximate surface area is 104 Å². The van der Waals surface area contributed by atoms with Crippen LogP contribution in [0.2, 0.25) is 0 Å². The number of hydrogen-bond donors (Lipinski definition) is 0. The number of thiophene rings is 1. The van der Waals surface area contributed by atoms with Crippen LogP contribution in [-0.4, -0.2) is 24.6 Å². The van der Waals surface area contributed by atoms with E-state index in [1.165, 1.54) is 18.9 Å². The molecular formula is C12H16FNO2S. The number of carbonyl (C=O) groups is 1. The van der Waals surface area contributed by atoms with Crippen molar-refractivity contribution >= 4 is 17.4 Å². The van der Waals surface area contributed by atoms with E-state index < -0.39 is 0 Å². The van der Waals surface area contributed by atoms with E-state index in [1.807, 2.05) is 0 Å². The molecule has 0 spiro atoms. The third-order valence-electron chi connectivity index (χ3n) is 2.85. The molecule has 0 atom stereocenters. The van der Waals surface area contributed by atoms with Gasteiger partial charge in [-0.15, -0.1) is 11.3 Å². The molecule has 1 amide bonds. The molecule has 3 nitrogen and oxygen atoms in total. The molecule has 1 aliphatic rings. The van der Waals surface area contributed by atoms with Gasteiger partial charge in [0.05, 0.1) is 0 Å². The first-order valence-corrected chi connectivity index (χ1v) is 6.59. The van der Waals surface area contributed by atoms with E-state index in [2.05, 4.69) is 0 Å². The maximum absolute atomic E-state index is 12.7. The van der Waals surface area contributed by atoms with E-state index in [-0.39, 0.29) is 17.8 Å². The average molecular weight is 257 g/mol. The number of amides is 1. The van der Waals surface area contributed by atoms with Crippen LogP contribution in [0.4, 0.5) is 9.18 Å². The SMILES string of the molecule is CN(CCC1CC1)C(=O)OCc1ccc(F)s1. The predicted molar refractivity (Wildman–Crippen MR) is 64.4 cm³/mol. The van der Waals surface area contributed by atoms with Gasteiger partial charge in [-0.2, -0.15) is 4.39 Å². The summed E-state index contributed by atoms with van der Waals surface area (Å²) < 4.78 is 17.8. The molecular weight excluding hydrogens is 241 g/mol. The number of hydrogen-bond acceptors (Lipinski definition) is 3. The zero-order valence-electron chi connectivity index (χ0n) is 9.82. The first-order chi connectivity index (χ1) is 8.15. The summed E-state index contributed by atoms with van der Waals surface area (Å²) in [6, 6.07) is 3.02. The van der Waals surface area contributed by atoms with Crippen LogP contribution in [0.1, 0.15) is 24.1 Å². The fraction of sp³-hybridized carbons (Fsp3) is 0.583. The van der Waals surface area contributed by atoms with Crippen molar-refractivity contribution in [2.75, 3.05) is 13.6 Å². The van der Waals surface area contributed by atoms with Gasteiger partial charge in [-0.05, 0) is 24.5 Å². The van der Waals surface area contributed by atoms with E-state index in [0.29, 0.717) is 0 Å². The van der Waals surface area contributed by atoms with Crippen LogP contribution >= 0.6 is 11.3 Å². The number of nitrogens with zero attached hydrogens (tertiary/aromatic N) is 1.